The number of amides is 1. The summed E-state index contributed by atoms with van der Waals surface area (Å²) in [5, 5.41) is 4.02. The van der Waals surface area contributed by atoms with Gasteiger partial charge in [0, 0.05) is 23.6 Å². The minimum Gasteiger partial charge on any atom is -0.337 e. The van der Waals surface area contributed by atoms with E-state index in [2.05, 4.69) is 28.2 Å². The molecule has 0 spiro atoms. The molecule has 1 atom stereocenters. The van der Waals surface area contributed by atoms with E-state index in [0.29, 0.717) is 16.6 Å². The first-order valence-electron chi connectivity index (χ1n) is 7.59. The van der Waals surface area contributed by atoms with Gasteiger partial charge in [0.25, 0.3) is 5.91 Å². The molecule has 116 valence electrons. The first-order valence-corrected chi connectivity index (χ1v) is 8.76. The molecule has 1 aliphatic rings. The van der Waals surface area contributed by atoms with Crippen LogP contribution in [0.5, 0.6) is 0 Å². The van der Waals surface area contributed by atoms with Crippen molar-refractivity contribution in [2.24, 2.45) is 0 Å². The lowest BCUT2D eigenvalue weighted by atomic mass is 10.0. The molecule has 1 unspecified atom stereocenters. The number of nitrogens with zero attached hydrogens (tertiary/aromatic N) is 1. The molecule has 1 aromatic carbocycles. The third-order valence-electron chi connectivity index (χ3n) is 3.79. The highest BCUT2D eigenvalue weighted by Crippen LogP contribution is 2.23. The van der Waals surface area contributed by atoms with Crippen LogP contribution in [0.3, 0.4) is 0 Å². The second kappa shape index (κ2) is 8.16. The predicted molar refractivity (Wildman–Crippen MR) is 91.0 cm³/mol. The highest BCUT2D eigenvalue weighted by atomic mass is 79.9. The molecule has 0 aromatic heterocycles. The van der Waals surface area contributed by atoms with Crippen LogP contribution >= 0.6 is 27.5 Å². The molecule has 5 heteroatoms. The van der Waals surface area contributed by atoms with Crippen LogP contribution in [-0.4, -0.2) is 36.5 Å². The second-order valence-corrected chi connectivity index (χ2v) is 6.85. The number of benzene rings is 1. The fourth-order valence-corrected chi connectivity index (χ4v) is 3.28. The summed E-state index contributed by atoms with van der Waals surface area (Å²) in [4.78, 5) is 14.7. The third-order valence-corrected chi connectivity index (χ3v) is 4.62. The number of nitrogens with one attached hydrogen (secondary N) is 1. The van der Waals surface area contributed by atoms with Gasteiger partial charge in [-0.3, -0.25) is 4.79 Å². The third kappa shape index (κ3) is 4.70. The average molecular weight is 374 g/mol. The smallest absolute Gasteiger partial charge is 0.255 e. The molecule has 0 aliphatic carbocycles. The summed E-state index contributed by atoms with van der Waals surface area (Å²) in [5.74, 6) is 0.0236. The van der Waals surface area contributed by atoms with E-state index in [9.17, 15) is 4.79 Å². The van der Waals surface area contributed by atoms with Crippen molar-refractivity contribution in [3.63, 3.8) is 0 Å². The van der Waals surface area contributed by atoms with Crippen LogP contribution in [0.4, 0.5) is 0 Å². The molecule has 2 rings (SSSR count). The largest absolute Gasteiger partial charge is 0.337 e. The second-order valence-electron chi connectivity index (χ2n) is 5.52. The molecule has 1 aromatic rings. The number of rotatable bonds is 5. The Bertz CT molecular complexity index is 489. The number of carbonyl (C=O) groups is 1. The van der Waals surface area contributed by atoms with Crippen LogP contribution in [0.2, 0.25) is 5.02 Å². The lowest BCUT2D eigenvalue weighted by Crippen LogP contribution is -2.46. The molecule has 0 bridgehead atoms. The van der Waals surface area contributed by atoms with Gasteiger partial charge in [-0.2, -0.15) is 0 Å². The molecule has 3 nitrogen and oxygen atoms in total. The van der Waals surface area contributed by atoms with E-state index in [1.54, 1.807) is 6.07 Å². The summed E-state index contributed by atoms with van der Waals surface area (Å²) in [6.45, 7) is 4.67. The lowest BCUT2D eigenvalue weighted by Gasteiger charge is -2.30. The van der Waals surface area contributed by atoms with Crippen LogP contribution < -0.4 is 5.32 Å². The Morgan fingerprint density at radius 2 is 2.29 bits per heavy atom. The number of carbonyl (C=O) groups excluding carboxylic acids is 1. The van der Waals surface area contributed by atoms with Crippen molar-refractivity contribution in [3.8, 4) is 0 Å². The molecule has 1 aliphatic heterocycles. The van der Waals surface area contributed by atoms with E-state index < -0.39 is 0 Å². The van der Waals surface area contributed by atoms with Gasteiger partial charge >= 0.3 is 0 Å². The Hall–Kier alpha value is -0.580. The summed E-state index contributed by atoms with van der Waals surface area (Å²) < 4.78 is 0.877. The molecular weight excluding hydrogens is 352 g/mol. The monoisotopic (exact) mass is 372 g/mol. The number of hydrogen-bond acceptors (Lipinski definition) is 2. The normalized spacial score (nSPS) is 18.5. The summed E-state index contributed by atoms with van der Waals surface area (Å²) in [6, 6.07) is 5.83. The van der Waals surface area contributed by atoms with Crippen LogP contribution in [0.1, 0.15) is 43.0 Å². The van der Waals surface area contributed by atoms with Crippen LogP contribution in [0.25, 0.3) is 0 Å². The Kier molecular flexibility index (Phi) is 6.52. The fourth-order valence-electron chi connectivity index (χ4n) is 2.72. The molecule has 1 amide bonds. The van der Waals surface area contributed by atoms with E-state index in [1.807, 2.05) is 17.0 Å². The zero-order valence-corrected chi connectivity index (χ0v) is 14.7. The standard InChI is InChI=1S/C16H22BrClN2O/c1-2-9-20(11-13-5-3-4-8-19-13)16(21)14-10-12(17)6-7-15(14)18/h6-7,10,13,19H,2-5,8-9,11H2,1H3. The van der Waals surface area contributed by atoms with Crippen LogP contribution in [-0.2, 0) is 0 Å². The summed E-state index contributed by atoms with van der Waals surface area (Å²) >= 11 is 9.60. The van der Waals surface area contributed by atoms with E-state index in [-0.39, 0.29) is 5.91 Å². The first-order chi connectivity index (χ1) is 10.1. The number of piperidine rings is 1. The molecule has 0 radical (unpaired) electrons. The Morgan fingerprint density at radius 1 is 1.48 bits per heavy atom. The van der Waals surface area contributed by atoms with Gasteiger partial charge in [-0.05, 0) is 44.0 Å². The molecule has 21 heavy (non-hydrogen) atoms. The maximum Gasteiger partial charge on any atom is 0.255 e. The van der Waals surface area contributed by atoms with Crippen molar-refractivity contribution in [3.05, 3.63) is 33.3 Å². The van der Waals surface area contributed by atoms with Gasteiger partial charge in [0.2, 0.25) is 0 Å². The van der Waals surface area contributed by atoms with E-state index in [4.69, 9.17) is 11.6 Å². The molecule has 1 N–H and O–H groups in total. The van der Waals surface area contributed by atoms with Crippen LogP contribution in [0, 0.1) is 0 Å². The van der Waals surface area contributed by atoms with E-state index in [1.165, 1.54) is 12.8 Å². The zero-order valence-electron chi connectivity index (χ0n) is 12.4. The van der Waals surface area contributed by atoms with Crippen molar-refractivity contribution in [2.75, 3.05) is 19.6 Å². The summed E-state index contributed by atoms with van der Waals surface area (Å²) in [6.07, 6.45) is 4.56. The maximum absolute atomic E-state index is 12.8. The summed E-state index contributed by atoms with van der Waals surface area (Å²) in [7, 11) is 0. The quantitative estimate of drug-likeness (QED) is 0.843. The summed E-state index contributed by atoms with van der Waals surface area (Å²) in [5.41, 5.74) is 0.579. The van der Waals surface area contributed by atoms with Crippen molar-refractivity contribution < 1.29 is 4.79 Å². The zero-order chi connectivity index (χ0) is 15.2. The fraction of sp³-hybridized carbons (Fsp3) is 0.562. The number of hydrogen-bond donors (Lipinski definition) is 1. The highest BCUT2D eigenvalue weighted by molar-refractivity contribution is 9.10. The van der Waals surface area contributed by atoms with E-state index in [0.717, 1.165) is 36.9 Å². The molecule has 1 fully saturated rings. The molecular formula is C16H22BrClN2O. The van der Waals surface area contributed by atoms with Crippen molar-refractivity contribution in [1.29, 1.82) is 0 Å². The SMILES string of the molecule is CCCN(CC1CCCCN1)C(=O)c1cc(Br)ccc1Cl. The van der Waals surface area contributed by atoms with Crippen molar-refractivity contribution in [1.82, 2.24) is 10.2 Å². The Labute approximate surface area is 140 Å². The van der Waals surface area contributed by atoms with Crippen LogP contribution in [0.15, 0.2) is 22.7 Å². The lowest BCUT2D eigenvalue weighted by molar-refractivity contribution is 0.0732. The van der Waals surface area contributed by atoms with Gasteiger partial charge in [0.1, 0.15) is 0 Å². The minimum atomic E-state index is 0.0236. The molecule has 1 saturated heterocycles. The Balaban J connectivity index is 2.12. The predicted octanol–water partition coefficient (Wildman–Crippen LogP) is 4.10. The van der Waals surface area contributed by atoms with Gasteiger partial charge in [-0.25, -0.2) is 0 Å². The van der Waals surface area contributed by atoms with Gasteiger partial charge in [-0.15, -0.1) is 0 Å². The number of halogens is 2. The molecule has 0 saturated carbocycles. The van der Waals surface area contributed by atoms with Gasteiger partial charge < -0.3 is 10.2 Å². The minimum absolute atomic E-state index is 0.0236. The van der Waals surface area contributed by atoms with Crippen molar-refractivity contribution >= 4 is 33.4 Å². The van der Waals surface area contributed by atoms with Crippen molar-refractivity contribution in [2.45, 2.75) is 38.6 Å². The maximum atomic E-state index is 12.8. The first kappa shape index (κ1) is 16.8. The Morgan fingerprint density at radius 3 is 2.95 bits per heavy atom. The van der Waals surface area contributed by atoms with Gasteiger partial charge in [0.15, 0.2) is 0 Å². The van der Waals surface area contributed by atoms with E-state index >= 15 is 0 Å². The highest BCUT2D eigenvalue weighted by Gasteiger charge is 2.22. The average Bonchev–Trinajstić information content (AvgIpc) is 2.49. The van der Waals surface area contributed by atoms with Gasteiger partial charge in [-0.1, -0.05) is 40.9 Å². The van der Waals surface area contributed by atoms with Gasteiger partial charge in [0.05, 0.1) is 10.6 Å². The topological polar surface area (TPSA) is 32.3 Å². The molecule has 1 heterocycles.